The molecule has 0 aromatic heterocycles. The Morgan fingerprint density at radius 3 is 0.500 bits per heavy atom. The van der Waals surface area contributed by atoms with Crippen molar-refractivity contribution in [1.29, 1.82) is 0 Å². The van der Waals surface area contributed by atoms with Crippen molar-refractivity contribution in [1.82, 2.24) is 12.3 Å². The Hall–Kier alpha value is -0.0800. The van der Waals surface area contributed by atoms with Gasteiger partial charge in [-0.3, -0.25) is 0 Å². The molecule has 0 heterocycles. The van der Waals surface area contributed by atoms with Crippen LogP contribution in [0.5, 0.6) is 0 Å². The van der Waals surface area contributed by atoms with Crippen LogP contribution in [0.2, 0.25) is 0 Å². The van der Waals surface area contributed by atoms with Crippen molar-refractivity contribution >= 4 is 0 Å². The zero-order valence-electron chi connectivity index (χ0n) is 7.07. The number of hydrogen-bond donors (Lipinski definition) is 2. The third-order valence-corrected chi connectivity index (χ3v) is 2.00. The van der Waals surface area contributed by atoms with E-state index in [4.69, 9.17) is 0 Å². The van der Waals surface area contributed by atoms with E-state index in [1.165, 1.54) is 51.4 Å². The summed E-state index contributed by atoms with van der Waals surface area (Å²) in [7, 11) is 0. The van der Waals surface area contributed by atoms with E-state index in [1.54, 1.807) is 0 Å². The monoisotopic (exact) mass is 146 g/mol. The van der Waals surface area contributed by atoms with Crippen molar-refractivity contribution in [2.45, 2.75) is 51.4 Å². The highest BCUT2D eigenvalue weighted by atomic mass is 14.0. The van der Waals surface area contributed by atoms with Gasteiger partial charge in [-0.2, -0.15) is 0 Å². The van der Waals surface area contributed by atoms with Crippen molar-refractivity contribution < 1.29 is 0 Å². The lowest BCUT2D eigenvalue weighted by atomic mass is 10.0. The predicted molar refractivity (Wildman–Crippen MR) is 47.0 cm³/mol. The fourth-order valence-electron chi connectivity index (χ4n) is 1.41. The molecule has 0 saturated heterocycles. The lowest BCUT2D eigenvalue weighted by Gasteiger charge is -2.05. The third kappa shape index (κ3) is 6.05. The number of rotatable bonds is 0. The van der Waals surface area contributed by atoms with E-state index in [1.807, 2.05) is 0 Å². The molecule has 0 aliphatic heterocycles. The highest BCUT2D eigenvalue weighted by Gasteiger charge is 1.95. The van der Waals surface area contributed by atoms with Crippen molar-refractivity contribution in [2.75, 3.05) is 0 Å². The number of hydrogen-bond acceptors (Lipinski definition) is 2. The molecule has 0 atom stereocenters. The first kappa shape index (κ1) is 12.6. The molecule has 0 amide bonds. The second-order valence-corrected chi connectivity index (χ2v) is 2.83. The molecule has 1 saturated carbocycles. The quantitative estimate of drug-likeness (QED) is 0.549. The molecular weight excluding hydrogens is 124 g/mol. The maximum Gasteiger partial charge on any atom is -0.0533 e. The van der Waals surface area contributed by atoms with Crippen LogP contribution in [0, 0.1) is 0 Å². The van der Waals surface area contributed by atoms with Gasteiger partial charge in [-0.15, -0.1) is 0 Å². The van der Waals surface area contributed by atoms with Crippen LogP contribution in [0.1, 0.15) is 51.4 Å². The molecule has 2 nitrogen and oxygen atoms in total. The molecule has 1 aliphatic carbocycles. The fourth-order valence-corrected chi connectivity index (χ4v) is 1.41. The zero-order chi connectivity index (χ0) is 5.66. The normalized spacial score (nSPS) is 19.2. The van der Waals surface area contributed by atoms with Gasteiger partial charge < -0.3 is 12.3 Å². The van der Waals surface area contributed by atoms with Crippen molar-refractivity contribution in [3.63, 3.8) is 0 Å². The second-order valence-electron chi connectivity index (χ2n) is 2.83. The molecule has 2 heteroatoms. The van der Waals surface area contributed by atoms with Crippen LogP contribution in [0.3, 0.4) is 0 Å². The van der Waals surface area contributed by atoms with E-state index >= 15 is 0 Å². The highest BCUT2D eigenvalue weighted by Crippen LogP contribution is 2.15. The molecule has 0 radical (unpaired) electrons. The van der Waals surface area contributed by atoms with Crippen LogP contribution >= 0.6 is 0 Å². The van der Waals surface area contributed by atoms with E-state index < -0.39 is 0 Å². The summed E-state index contributed by atoms with van der Waals surface area (Å²) in [4.78, 5) is 0. The summed E-state index contributed by atoms with van der Waals surface area (Å²) < 4.78 is 0. The molecule has 1 fully saturated rings. The molecule has 0 bridgehead atoms. The SMILES string of the molecule is C1CCCCCCC1.N.N. The van der Waals surface area contributed by atoms with E-state index in [-0.39, 0.29) is 12.3 Å². The third-order valence-electron chi connectivity index (χ3n) is 2.00. The Morgan fingerprint density at radius 2 is 0.400 bits per heavy atom. The molecule has 0 aromatic carbocycles. The van der Waals surface area contributed by atoms with E-state index in [0.29, 0.717) is 0 Å². The average molecular weight is 146 g/mol. The summed E-state index contributed by atoms with van der Waals surface area (Å²) in [6.45, 7) is 0. The second kappa shape index (κ2) is 8.92. The highest BCUT2D eigenvalue weighted by molar-refractivity contribution is 4.51. The van der Waals surface area contributed by atoms with Crippen LogP contribution in [0.15, 0.2) is 0 Å². The Balaban J connectivity index is 0. The minimum Gasteiger partial charge on any atom is -0.344 e. The Labute approximate surface area is 64.6 Å². The zero-order valence-corrected chi connectivity index (χ0v) is 7.07. The van der Waals surface area contributed by atoms with Gasteiger partial charge in [-0.05, 0) is 0 Å². The molecule has 10 heavy (non-hydrogen) atoms. The van der Waals surface area contributed by atoms with E-state index in [0.717, 1.165) is 0 Å². The van der Waals surface area contributed by atoms with Gasteiger partial charge in [0.25, 0.3) is 0 Å². The van der Waals surface area contributed by atoms with Gasteiger partial charge in [-0.25, -0.2) is 0 Å². The van der Waals surface area contributed by atoms with Gasteiger partial charge >= 0.3 is 0 Å². The Kier molecular flexibility index (Phi) is 11.2. The smallest absolute Gasteiger partial charge is 0.0533 e. The summed E-state index contributed by atoms with van der Waals surface area (Å²) >= 11 is 0. The molecule has 1 aliphatic rings. The largest absolute Gasteiger partial charge is 0.344 e. The summed E-state index contributed by atoms with van der Waals surface area (Å²) in [5, 5.41) is 0. The summed E-state index contributed by atoms with van der Waals surface area (Å²) in [5.74, 6) is 0. The van der Waals surface area contributed by atoms with Gasteiger partial charge in [0, 0.05) is 0 Å². The van der Waals surface area contributed by atoms with Gasteiger partial charge in [-0.1, -0.05) is 51.4 Å². The summed E-state index contributed by atoms with van der Waals surface area (Å²) in [5.41, 5.74) is 0. The van der Waals surface area contributed by atoms with Crippen molar-refractivity contribution in [3.05, 3.63) is 0 Å². The van der Waals surface area contributed by atoms with E-state index in [9.17, 15) is 0 Å². The standard InChI is InChI=1S/C8H16.2H3N/c1-2-4-6-8-7-5-3-1;;/h1-8H2;2*1H3. The van der Waals surface area contributed by atoms with Crippen LogP contribution in [0.25, 0.3) is 0 Å². The van der Waals surface area contributed by atoms with Crippen molar-refractivity contribution in [3.8, 4) is 0 Å². The summed E-state index contributed by atoms with van der Waals surface area (Å²) in [6, 6.07) is 0. The predicted octanol–water partition coefficient (Wildman–Crippen LogP) is 3.44. The van der Waals surface area contributed by atoms with Gasteiger partial charge in [0.1, 0.15) is 0 Å². The first-order valence-corrected chi connectivity index (χ1v) is 4.00. The first-order valence-electron chi connectivity index (χ1n) is 4.00. The molecule has 0 spiro atoms. The molecule has 1 rings (SSSR count). The van der Waals surface area contributed by atoms with Crippen LogP contribution < -0.4 is 12.3 Å². The maximum absolute atomic E-state index is 1.50. The minimum absolute atomic E-state index is 0. The molecule has 64 valence electrons. The van der Waals surface area contributed by atoms with E-state index in [2.05, 4.69) is 0 Å². The molecule has 6 N–H and O–H groups in total. The first-order chi connectivity index (χ1) is 4.00. The van der Waals surface area contributed by atoms with Gasteiger partial charge in [0.15, 0.2) is 0 Å². The van der Waals surface area contributed by atoms with Crippen LogP contribution in [-0.2, 0) is 0 Å². The maximum atomic E-state index is 1.50. The lowest BCUT2D eigenvalue weighted by Crippen LogP contribution is -1.85. The molecular formula is C8H22N2. The average Bonchev–Trinajstić information content (AvgIpc) is 1.62. The topological polar surface area (TPSA) is 70.0 Å². The fraction of sp³-hybridized carbons (Fsp3) is 1.00. The summed E-state index contributed by atoms with van der Waals surface area (Å²) in [6.07, 6.45) is 12.0. The Morgan fingerprint density at radius 1 is 0.300 bits per heavy atom. The molecule has 0 aromatic rings. The van der Waals surface area contributed by atoms with Gasteiger partial charge in [0.2, 0.25) is 0 Å². The minimum atomic E-state index is 0. The Bertz CT molecular complexity index is 31.2. The van der Waals surface area contributed by atoms with Crippen LogP contribution in [0.4, 0.5) is 0 Å². The van der Waals surface area contributed by atoms with Crippen LogP contribution in [-0.4, -0.2) is 0 Å². The van der Waals surface area contributed by atoms with Crippen molar-refractivity contribution in [2.24, 2.45) is 0 Å². The van der Waals surface area contributed by atoms with Gasteiger partial charge in [0.05, 0.1) is 0 Å². The molecule has 0 unspecified atom stereocenters. The lowest BCUT2D eigenvalue weighted by molar-refractivity contribution is 0.504.